The normalized spacial score (nSPS) is 14.2. The maximum absolute atomic E-state index is 8.82. The van der Waals surface area contributed by atoms with E-state index in [2.05, 4.69) is 6.58 Å². The molecule has 1 N–H and O–H groups in total. The molecule has 0 heterocycles. The molecule has 0 aromatic heterocycles. The molecule has 0 saturated carbocycles. The van der Waals surface area contributed by atoms with Crippen LogP contribution in [0, 0.1) is 0 Å². The number of hydrogen-bond donors (Lipinski definition) is 1. The minimum atomic E-state index is -0.369. The molecule has 0 aromatic rings. The SMILES string of the molecule is C=CC(O)CC=CC. The van der Waals surface area contributed by atoms with Crippen molar-refractivity contribution in [1.82, 2.24) is 0 Å². The van der Waals surface area contributed by atoms with Crippen molar-refractivity contribution in [2.45, 2.75) is 19.4 Å². The zero-order valence-corrected chi connectivity index (χ0v) is 5.17. The molecule has 1 unspecified atom stereocenters. The van der Waals surface area contributed by atoms with E-state index in [1.165, 1.54) is 6.08 Å². The summed E-state index contributed by atoms with van der Waals surface area (Å²) in [5.41, 5.74) is 0. The Hall–Kier alpha value is -0.560. The van der Waals surface area contributed by atoms with Gasteiger partial charge in [0.15, 0.2) is 0 Å². The van der Waals surface area contributed by atoms with E-state index >= 15 is 0 Å². The van der Waals surface area contributed by atoms with Crippen molar-refractivity contribution >= 4 is 0 Å². The van der Waals surface area contributed by atoms with E-state index in [4.69, 9.17) is 5.11 Å². The summed E-state index contributed by atoms with van der Waals surface area (Å²) in [6.45, 7) is 5.36. The Bertz CT molecular complexity index is 84.4. The van der Waals surface area contributed by atoms with E-state index in [0.29, 0.717) is 6.42 Å². The van der Waals surface area contributed by atoms with Gasteiger partial charge in [0.2, 0.25) is 0 Å². The van der Waals surface area contributed by atoms with Crippen LogP contribution in [0.25, 0.3) is 0 Å². The molecule has 1 nitrogen and oxygen atoms in total. The van der Waals surface area contributed by atoms with Crippen LogP contribution in [-0.2, 0) is 0 Å². The minimum Gasteiger partial charge on any atom is -0.389 e. The van der Waals surface area contributed by atoms with Gasteiger partial charge in [0.25, 0.3) is 0 Å². The Balaban J connectivity index is 3.23. The van der Waals surface area contributed by atoms with Crippen molar-refractivity contribution in [1.29, 1.82) is 0 Å². The molecule has 0 fully saturated rings. The third-order valence-corrected chi connectivity index (χ3v) is 0.885. The lowest BCUT2D eigenvalue weighted by atomic mass is 10.2. The molecule has 0 aliphatic heterocycles. The summed E-state index contributed by atoms with van der Waals surface area (Å²) in [6.07, 6.45) is 5.66. The van der Waals surface area contributed by atoms with Crippen molar-refractivity contribution in [2.75, 3.05) is 0 Å². The molecular weight excluding hydrogens is 100 g/mol. The van der Waals surface area contributed by atoms with Crippen molar-refractivity contribution < 1.29 is 5.11 Å². The van der Waals surface area contributed by atoms with Gasteiger partial charge in [-0.05, 0) is 13.3 Å². The third kappa shape index (κ3) is 3.62. The predicted molar refractivity (Wildman–Crippen MR) is 35.6 cm³/mol. The van der Waals surface area contributed by atoms with Crippen LogP contribution in [0.3, 0.4) is 0 Å². The quantitative estimate of drug-likeness (QED) is 0.548. The first-order valence-corrected chi connectivity index (χ1v) is 2.73. The Morgan fingerprint density at radius 2 is 2.38 bits per heavy atom. The van der Waals surface area contributed by atoms with E-state index in [1.807, 2.05) is 19.1 Å². The van der Waals surface area contributed by atoms with Gasteiger partial charge in [-0.1, -0.05) is 18.2 Å². The van der Waals surface area contributed by atoms with E-state index in [-0.39, 0.29) is 6.10 Å². The van der Waals surface area contributed by atoms with Gasteiger partial charge >= 0.3 is 0 Å². The first-order chi connectivity index (χ1) is 3.81. The van der Waals surface area contributed by atoms with Gasteiger partial charge < -0.3 is 5.11 Å². The molecule has 0 amide bonds. The van der Waals surface area contributed by atoms with E-state index in [1.54, 1.807) is 0 Å². The fourth-order valence-corrected chi connectivity index (χ4v) is 0.372. The van der Waals surface area contributed by atoms with Crippen LogP contribution >= 0.6 is 0 Å². The predicted octanol–water partition coefficient (Wildman–Crippen LogP) is 1.50. The monoisotopic (exact) mass is 112 g/mol. The molecule has 0 bridgehead atoms. The minimum absolute atomic E-state index is 0.369. The molecule has 0 aromatic carbocycles. The average Bonchev–Trinajstić information content (AvgIpc) is 1.83. The zero-order chi connectivity index (χ0) is 6.41. The van der Waals surface area contributed by atoms with Gasteiger partial charge in [-0.2, -0.15) is 0 Å². The van der Waals surface area contributed by atoms with Crippen LogP contribution in [0.5, 0.6) is 0 Å². The molecule has 0 saturated heterocycles. The lowest BCUT2D eigenvalue weighted by molar-refractivity contribution is 0.227. The van der Waals surface area contributed by atoms with E-state index < -0.39 is 0 Å². The molecule has 46 valence electrons. The smallest absolute Gasteiger partial charge is 0.0752 e. The summed E-state index contributed by atoms with van der Waals surface area (Å²) >= 11 is 0. The molecule has 1 atom stereocenters. The van der Waals surface area contributed by atoms with Crippen LogP contribution in [0.4, 0.5) is 0 Å². The van der Waals surface area contributed by atoms with Gasteiger partial charge in [-0.3, -0.25) is 0 Å². The first-order valence-electron chi connectivity index (χ1n) is 2.73. The topological polar surface area (TPSA) is 20.2 Å². The summed E-state index contributed by atoms with van der Waals surface area (Å²) in [7, 11) is 0. The second kappa shape index (κ2) is 4.60. The van der Waals surface area contributed by atoms with Crippen LogP contribution < -0.4 is 0 Å². The highest BCUT2D eigenvalue weighted by atomic mass is 16.3. The number of aliphatic hydroxyl groups is 1. The van der Waals surface area contributed by atoms with Crippen molar-refractivity contribution in [3.05, 3.63) is 24.8 Å². The van der Waals surface area contributed by atoms with Gasteiger partial charge in [0, 0.05) is 0 Å². The summed E-state index contributed by atoms with van der Waals surface area (Å²) in [4.78, 5) is 0. The molecule has 0 aliphatic rings. The highest BCUT2D eigenvalue weighted by molar-refractivity contribution is 4.87. The lowest BCUT2D eigenvalue weighted by Gasteiger charge is -1.96. The van der Waals surface area contributed by atoms with Crippen LogP contribution in [0.15, 0.2) is 24.8 Å². The van der Waals surface area contributed by atoms with Gasteiger partial charge in [-0.25, -0.2) is 0 Å². The van der Waals surface area contributed by atoms with E-state index in [9.17, 15) is 0 Å². The molecule has 0 spiro atoms. The highest BCUT2D eigenvalue weighted by Crippen LogP contribution is 1.91. The molecule has 1 heteroatoms. The third-order valence-electron chi connectivity index (χ3n) is 0.885. The molecule has 0 aliphatic carbocycles. The molecule has 0 radical (unpaired) electrons. The molecule has 0 rings (SSSR count). The Morgan fingerprint density at radius 3 is 2.75 bits per heavy atom. The standard InChI is InChI=1S/C7H12O/c1-3-5-6-7(8)4-2/h3-5,7-8H,2,6H2,1H3. The maximum Gasteiger partial charge on any atom is 0.0752 e. The van der Waals surface area contributed by atoms with Crippen LogP contribution in [0.1, 0.15) is 13.3 Å². The highest BCUT2D eigenvalue weighted by Gasteiger charge is 1.89. The lowest BCUT2D eigenvalue weighted by Crippen LogP contribution is -1.97. The fourth-order valence-electron chi connectivity index (χ4n) is 0.372. The number of rotatable bonds is 3. The summed E-state index contributed by atoms with van der Waals surface area (Å²) in [5.74, 6) is 0. The zero-order valence-electron chi connectivity index (χ0n) is 5.17. The number of allylic oxidation sites excluding steroid dienone is 1. The second-order valence-electron chi connectivity index (χ2n) is 1.61. The summed E-state index contributed by atoms with van der Waals surface area (Å²) < 4.78 is 0. The number of aliphatic hydroxyl groups excluding tert-OH is 1. The van der Waals surface area contributed by atoms with Crippen molar-refractivity contribution in [3.63, 3.8) is 0 Å². The van der Waals surface area contributed by atoms with Gasteiger partial charge in [0.1, 0.15) is 0 Å². The number of hydrogen-bond acceptors (Lipinski definition) is 1. The second-order valence-corrected chi connectivity index (χ2v) is 1.61. The Labute approximate surface area is 50.3 Å². The first kappa shape index (κ1) is 7.44. The maximum atomic E-state index is 8.82. The molecule has 8 heavy (non-hydrogen) atoms. The Morgan fingerprint density at radius 1 is 1.75 bits per heavy atom. The fraction of sp³-hybridized carbons (Fsp3) is 0.429. The van der Waals surface area contributed by atoms with Crippen molar-refractivity contribution in [2.24, 2.45) is 0 Å². The van der Waals surface area contributed by atoms with Gasteiger partial charge in [0.05, 0.1) is 6.10 Å². The summed E-state index contributed by atoms with van der Waals surface area (Å²) in [5, 5.41) is 8.82. The van der Waals surface area contributed by atoms with Crippen LogP contribution in [-0.4, -0.2) is 11.2 Å². The Kier molecular flexibility index (Phi) is 4.27. The van der Waals surface area contributed by atoms with Crippen LogP contribution in [0.2, 0.25) is 0 Å². The average molecular weight is 112 g/mol. The van der Waals surface area contributed by atoms with E-state index in [0.717, 1.165) is 0 Å². The summed E-state index contributed by atoms with van der Waals surface area (Å²) in [6, 6.07) is 0. The largest absolute Gasteiger partial charge is 0.389 e. The van der Waals surface area contributed by atoms with Gasteiger partial charge in [-0.15, -0.1) is 6.58 Å². The van der Waals surface area contributed by atoms with Crippen molar-refractivity contribution in [3.8, 4) is 0 Å². The molecular formula is C7H12O.